The second kappa shape index (κ2) is 6.16. The zero-order chi connectivity index (χ0) is 15.5. The average molecular weight is 288 g/mol. The molecule has 0 radical (unpaired) electrons. The van der Waals surface area contributed by atoms with E-state index in [0.29, 0.717) is 0 Å². The molecule has 2 heterocycles. The lowest BCUT2D eigenvalue weighted by Crippen LogP contribution is -2.20. The van der Waals surface area contributed by atoms with Crippen molar-refractivity contribution in [3.05, 3.63) is 35.5 Å². The van der Waals surface area contributed by atoms with Crippen LogP contribution in [0.5, 0.6) is 0 Å². The van der Waals surface area contributed by atoms with E-state index in [1.165, 1.54) is 0 Å². The average Bonchev–Trinajstić information content (AvgIpc) is 2.92. The third-order valence-corrected chi connectivity index (χ3v) is 3.30. The van der Waals surface area contributed by atoms with Crippen LogP contribution < -0.4 is 10.6 Å². The number of rotatable bonds is 5. The lowest BCUT2D eigenvalue weighted by molar-refractivity contribution is 0.512. The van der Waals surface area contributed by atoms with Crippen molar-refractivity contribution in [1.29, 1.82) is 0 Å². The Balaban J connectivity index is 2.17. The first-order valence-electron chi connectivity index (χ1n) is 7.25. The Bertz CT molecular complexity index is 585. The fourth-order valence-electron chi connectivity index (χ4n) is 2.03. The summed E-state index contributed by atoms with van der Waals surface area (Å²) in [5.41, 5.74) is 0.946. The Kier molecular flexibility index (Phi) is 4.50. The summed E-state index contributed by atoms with van der Waals surface area (Å²) in [5.74, 6) is 3.55. The molecular formula is C16H24N4O. The van der Waals surface area contributed by atoms with E-state index in [0.717, 1.165) is 41.7 Å². The molecule has 5 heteroatoms. The van der Waals surface area contributed by atoms with Gasteiger partial charge in [0.2, 0.25) is 0 Å². The summed E-state index contributed by atoms with van der Waals surface area (Å²) in [6.07, 6.45) is 2.53. The number of hydrogen-bond donors (Lipinski definition) is 2. The molecule has 21 heavy (non-hydrogen) atoms. The zero-order valence-electron chi connectivity index (χ0n) is 13.4. The molecule has 0 atom stereocenters. The van der Waals surface area contributed by atoms with E-state index in [4.69, 9.17) is 4.42 Å². The first kappa shape index (κ1) is 15.4. The second-order valence-corrected chi connectivity index (χ2v) is 6.13. The molecule has 0 aromatic carbocycles. The summed E-state index contributed by atoms with van der Waals surface area (Å²) in [5, 5.41) is 6.53. The quantitative estimate of drug-likeness (QED) is 0.883. The molecule has 0 saturated heterocycles. The highest BCUT2D eigenvalue weighted by Gasteiger charge is 2.20. The maximum Gasteiger partial charge on any atom is 0.138 e. The molecule has 2 aromatic heterocycles. The van der Waals surface area contributed by atoms with Gasteiger partial charge < -0.3 is 15.1 Å². The molecule has 0 fully saturated rings. The number of nitrogens with one attached hydrogen (secondary N) is 2. The van der Waals surface area contributed by atoms with Crippen LogP contribution in [0, 0.1) is 6.92 Å². The normalized spacial score (nSPS) is 11.5. The van der Waals surface area contributed by atoms with Crippen LogP contribution in [0.4, 0.5) is 11.6 Å². The van der Waals surface area contributed by atoms with Crippen molar-refractivity contribution >= 4 is 11.6 Å². The summed E-state index contributed by atoms with van der Waals surface area (Å²) in [6, 6.07) is 3.89. The Labute approximate surface area is 126 Å². The van der Waals surface area contributed by atoms with Gasteiger partial charge >= 0.3 is 0 Å². The number of anilines is 2. The van der Waals surface area contributed by atoms with E-state index < -0.39 is 0 Å². The minimum Gasteiger partial charge on any atom is -0.469 e. The van der Waals surface area contributed by atoms with Crippen molar-refractivity contribution in [3.8, 4) is 0 Å². The standard InChI is InChI=1S/C16H24N4O/c1-11-13(17-5)19-15(16(2,3)4)20-14(11)18-9-8-12-7-6-10-21-12/h6-7,10H,8-9H2,1-5H3,(H2,17,18,19,20). The lowest BCUT2D eigenvalue weighted by atomic mass is 9.95. The predicted octanol–water partition coefficient (Wildman–Crippen LogP) is 3.37. The van der Waals surface area contributed by atoms with E-state index in [1.54, 1.807) is 6.26 Å². The van der Waals surface area contributed by atoms with E-state index in [9.17, 15) is 0 Å². The molecule has 0 aliphatic heterocycles. The van der Waals surface area contributed by atoms with Crippen molar-refractivity contribution < 1.29 is 4.42 Å². The van der Waals surface area contributed by atoms with Crippen LogP contribution >= 0.6 is 0 Å². The van der Waals surface area contributed by atoms with Crippen LogP contribution in [-0.2, 0) is 11.8 Å². The minimum absolute atomic E-state index is 0.0866. The van der Waals surface area contributed by atoms with Gasteiger partial charge in [0.1, 0.15) is 23.2 Å². The second-order valence-electron chi connectivity index (χ2n) is 6.13. The van der Waals surface area contributed by atoms with Crippen LogP contribution in [-0.4, -0.2) is 23.6 Å². The molecule has 0 amide bonds. The smallest absolute Gasteiger partial charge is 0.138 e. The molecule has 114 valence electrons. The first-order chi connectivity index (χ1) is 9.91. The topological polar surface area (TPSA) is 63.0 Å². The molecule has 2 aromatic rings. The van der Waals surface area contributed by atoms with Gasteiger partial charge in [-0.25, -0.2) is 9.97 Å². The van der Waals surface area contributed by atoms with Crippen LogP contribution in [0.3, 0.4) is 0 Å². The van der Waals surface area contributed by atoms with Gasteiger partial charge in [0, 0.05) is 31.0 Å². The highest BCUT2D eigenvalue weighted by molar-refractivity contribution is 5.57. The van der Waals surface area contributed by atoms with Gasteiger partial charge in [-0.05, 0) is 19.1 Å². The van der Waals surface area contributed by atoms with E-state index in [2.05, 4.69) is 41.4 Å². The largest absolute Gasteiger partial charge is 0.469 e. The van der Waals surface area contributed by atoms with Crippen molar-refractivity contribution in [2.75, 3.05) is 24.2 Å². The summed E-state index contributed by atoms with van der Waals surface area (Å²) >= 11 is 0. The van der Waals surface area contributed by atoms with Crippen molar-refractivity contribution in [3.63, 3.8) is 0 Å². The molecule has 2 N–H and O–H groups in total. The molecule has 0 bridgehead atoms. The summed E-state index contributed by atoms with van der Waals surface area (Å²) in [6.45, 7) is 9.14. The minimum atomic E-state index is -0.0866. The first-order valence-corrected chi connectivity index (χ1v) is 7.25. The zero-order valence-corrected chi connectivity index (χ0v) is 13.4. The van der Waals surface area contributed by atoms with Gasteiger partial charge in [0.25, 0.3) is 0 Å². The number of hydrogen-bond acceptors (Lipinski definition) is 5. The predicted molar refractivity (Wildman–Crippen MR) is 85.9 cm³/mol. The summed E-state index contributed by atoms with van der Waals surface area (Å²) in [7, 11) is 1.88. The highest BCUT2D eigenvalue weighted by Crippen LogP contribution is 2.26. The molecular weight excluding hydrogens is 264 g/mol. The maximum absolute atomic E-state index is 5.34. The van der Waals surface area contributed by atoms with Crippen molar-refractivity contribution in [2.45, 2.75) is 39.5 Å². The fourth-order valence-corrected chi connectivity index (χ4v) is 2.03. The molecule has 2 rings (SSSR count). The Morgan fingerprint density at radius 3 is 2.48 bits per heavy atom. The molecule has 0 aliphatic carbocycles. The van der Waals surface area contributed by atoms with Crippen molar-refractivity contribution in [1.82, 2.24) is 9.97 Å². The summed E-state index contributed by atoms with van der Waals surface area (Å²) in [4.78, 5) is 9.28. The maximum atomic E-state index is 5.34. The number of nitrogens with zero attached hydrogens (tertiary/aromatic N) is 2. The van der Waals surface area contributed by atoms with E-state index in [-0.39, 0.29) is 5.41 Å². The Morgan fingerprint density at radius 1 is 1.19 bits per heavy atom. The van der Waals surface area contributed by atoms with Gasteiger partial charge in [0.05, 0.1) is 6.26 Å². The third kappa shape index (κ3) is 3.74. The van der Waals surface area contributed by atoms with E-state index in [1.807, 2.05) is 26.1 Å². The Hall–Kier alpha value is -2.04. The third-order valence-electron chi connectivity index (χ3n) is 3.30. The molecule has 0 unspecified atom stereocenters. The van der Waals surface area contributed by atoms with Gasteiger partial charge in [-0.2, -0.15) is 0 Å². The molecule has 0 spiro atoms. The Morgan fingerprint density at radius 2 is 1.90 bits per heavy atom. The van der Waals surface area contributed by atoms with Gasteiger partial charge in [-0.3, -0.25) is 0 Å². The van der Waals surface area contributed by atoms with Crippen LogP contribution in [0.1, 0.15) is 37.9 Å². The SMILES string of the molecule is CNc1nc(C(C)(C)C)nc(NCCc2ccco2)c1C. The van der Waals surface area contributed by atoms with Crippen LogP contribution in [0.2, 0.25) is 0 Å². The molecule has 0 saturated carbocycles. The van der Waals surface area contributed by atoms with Gasteiger partial charge in [-0.15, -0.1) is 0 Å². The highest BCUT2D eigenvalue weighted by atomic mass is 16.3. The monoisotopic (exact) mass is 288 g/mol. The van der Waals surface area contributed by atoms with Crippen molar-refractivity contribution in [2.24, 2.45) is 0 Å². The van der Waals surface area contributed by atoms with Crippen LogP contribution in [0.15, 0.2) is 22.8 Å². The van der Waals surface area contributed by atoms with Gasteiger partial charge in [0.15, 0.2) is 0 Å². The van der Waals surface area contributed by atoms with Crippen LogP contribution in [0.25, 0.3) is 0 Å². The number of furan rings is 1. The van der Waals surface area contributed by atoms with E-state index >= 15 is 0 Å². The fraction of sp³-hybridized carbons (Fsp3) is 0.500. The molecule has 5 nitrogen and oxygen atoms in total. The molecule has 0 aliphatic rings. The number of aromatic nitrogens is 2. The summed E-state index contributed by atoms with van der Waals surface area (Å²) < 4.78 is 5.34. The van der Waals surface area contributed by atoms with Gasteiger partial charge in [-0.1, -0.05) is 20.8 Å². The lowest BCUT2D eigenvalue weighted by Gasteiger charge is -2.20.